The predicted molar refractivity (Wildman–Crippen MR) is 47.8 cm³/mol. The van der Waals surface area contributed by atoms with E-state index in [0.29, 0.717) is 6.54 Å². The number of nitrogens with zero attached hydrogens (tertiary/aromatic N) is 2. The Bertz CT molecular complexity index is 201. The highest BCUT2D eigenvalue weighted by atomic mass is 16.1. The molecule has 0 spiro atoms. The number of rotatable bonds is 4. The van der Waals surface area contributed by atoms with Crippen molar-refractivity contribution in [2.45, 2.75) is 12.8 Å². The fraction of sp³-hybridized carbons (Fsp3) is 0.667. The Hall–Kier alpha value is -0.920. The summed E-state index contributed by atoms with van der Waals surface area (Å²) < 4.78 is 0. The molecule has 0 aromatic carbocycles. The van der Waals surface area contributed by atoms with E-state index in [1.165, 1.54) is 18.9 Å². The predicted octanol–water partition coefficient (Wildman–Crippen LogP) is 0.974. The van der Waals surface area contributed by atoms with E-state index in [1.807, 2.05) is 0 Å². The lowest BCUT2D eigenvalue weighted by Gasteiger charge is -2.14. The van der Waals surface area contributed by atoms with E-state index in [-0.39, 0.29) is 0 Å². The second-order valence-electron chi connectivity index (χ2n) is 3.14. The standard InChI is InChI=1S/C9H14N2O/c1-9(6-10-8-12)7-11-4-2-3-5-11/h1-7H2. The third-order valence-electron chi connectivity index (χ3n) is 2.01. The first-order chi connectivity index (χ1) is 5.83. The molecule has 0 saturated carbocycles. The van der Waals surface area contributed by atoms with Crippen LogP contribution in [-0.2, 0) is 4.79 Å². The fourth-order valence-corrected chi connectivity index (χ4v) is 1.45. The van der Waals surface area contributed by atoms with Gasteiger partial charge in [-0.2, -0.15) is 0 Å². The van der Waals surface area contributed by atoms with Crippen molar-refractivity contribution in [3.05, 3.63) is 12.2 Å². The Morgan fingerprint density at radius 3 is 2.75 bits per heavy atom. The molecule has 1 saturated heterocycles. The van der Waals surface area contributed by atoms with Crippen LogP contribution in [0.3, 0.4) is 0 Å². The molecular weight excluding hydrogens is 152 g/mol. The number of hydrogen-bond donors (Lipinski definition) is 0. The number of hydrogen-bond acceptors (Lipinski definition) is 3. The van der Waals surface area contributed by atoms with Crippen molar-refractivity contribution in [2.24, 2.45) is 4.99 Å². The minimum absolute atomic E-state index is 0.431. The van der Waals surface area contributed by atoms with E-state index in [4.69, 9.17) is 0 Å². The van der Waals surface area contributed by atoms with Gasteiger partial charge in [-0.05, 0) is 31.5 Å². The van der Waals surface area contributed by atoms with Gasteiger partial charge in [-0.3, -0.25) is 4.90 Å². The molecule has 66 valence electrons. The maximum absolute atomic E-state index is 9.80. The minimum atomic E-state index is 0.431. The van der Waals surface area contributed by atoms with Gasteiger partial charge >= 0.3 is 0 Å². The Labute approximate surface area is 72.8 Å². The zero-order valence-electron chi connectivity index (χ0n) is 7.25. The topological polar surface area (TPSA) is 32.7 Å². The molecule has 1 rings (SSSR count). The summed E-state index contributed by atoms with van der Waals surface area (Å²) in [6, 6.07) is 0. The summed E-state index contributed by atoms with van der Waals surface area (Å²) in [4.78, 5) is 15.6. The van der Waals surface area contributed by atoms with Gasteiger partial charge in [0, 0.05) is 6.54 Å². The Morgan fingerprint density at radius 1 is 1.50 bits per heavy atom. The van der Waals surface area contributed by atoms with E-state index in [0.717, 1.165) is 25.2 Å². The average Bonchev–Trinajstić information content (AvgIpc) is 2.53. The van der Waals surface area contributed by atoms with Gasteiger partial charge in [0.25, 0.3) is 0 Å². The number of aliphatic imine (C=N–C) groups is 1. The molecule has 0 N–H and O–H groups in total. The van der Waals surface area contributed by atoms with Crippen molar-refractivity contribution in [2.75, 3.05) is 26.2 Å². The molecule has 0 unspecified atom stereocenters. The third-order valence-corrected chi connectivity index (χ3v) is 2.01. The van der Waals surface area contributed by atoms with Crippen LogP contribution in [0.15, 0.2) is 17.1 Å². The largest absolute Gasteiger partial charge is 0.299 e. The summed E-state index contributed by atoms with van der Waals surface area (Å²) in [5.41, 5.74) is 1.00. The summed E-state index contributed by atoms with van der Waals surface area (Å²) in [5, 5.41) is 0. The molecule has 0 radical (unpaired) electrons. The highest BCUT2D eigenvalue weighted by molar-refractivity contribution is 5.33. The second-order valence-corrected chi connectivity index (χ2v) is 3.14. The van der Waals surface area contributed by atoms with Crippen LogP contribution in [0.1, 0.15) is 12.8 Å². The first-order valence-corrected chi connectivity index (χ1v) is 4.25. The second kappa shape index (κ2) is 4.86. The van der Waals surface area contributed by atoms with Gasteiger partial charge in [-0.15, -0.1) is 0 Å². The summed E-state index contributed by atoms with van der Waals surface area (Å²) in [7, 11) is 0. The van der Waals surface area contributed by atoms with Crippen LogP contribution in [0.5, 0.6) is 0 Å². The monoisotopic (exact) mass is 166 g/mol. The van der Waals surface area contributed by atoms with E-state index in [2.05, 4.69) is 16.5 Å². The van der Waals surface area contributed by atoms with Gasteiger partial charge < -0.3 is 0 Å². The molecule has 0 bridgehead atoms. The molecular formula is C9H14N2O. The van der Waals surface area contributed by atoms with Crippen molar-refractivity contribution in [3.63, 3.8) is 0 Å². The molecule has 1 fully saturated rings. The van der Waals surface area contributed by atoms with Gasteiger partial charge in [0.05, 0.1) is 6.54 Å². The van der Waals surface area contributed by atoms with E-state index < -0.39 is 0 Å². The highest BCUT2D eigenvalue weighted by Gasteiger charge is 2.11. The first kappa shape index (κ1) is 9.17. The molecule has 3 nitrogen and oxygen atoms in total. The lowest BCUT2D eigenvalue weighted by molar-refractivity contribution is 0.367. The van der Waals surface area contributed by atoms with Gasteiger partial charge in [0.1, 0.15) is 0 Å². The fourth-order valence-electron chi connectivity index (χ4n) is 1.45. The zero-order chi connectivity index (χ0) is 8.81. The van der Waals surface area contributed by atoms with E-state index >= 15 is 0 Å². The van der Waals surface area contributed by atoms with Crippen molar-refractivity contribution in [1.82, 2.24) is 4.90 Å². The average molecular weight is 166 g/mol. The lowest BCUT2D eigenvalue weighted by Crippen LogP contribution is -2.22. The van der Waals surface area contributed by atoms with Crippen LogP contribution >= 0.6 is 0 Å². The van der Waals surface area contributed by atoms with Crippen molar-refractivity contribution < 1.29 is 4.79 Å². The third kappa shape index (κ3) is 2.99. The summed E-state index contributed by atoms with van der Waals surface area (Å²) in [5.74, 6) is 0. The van der Waals surface area contributed by atoms with Gasteiger partial charge in [-0.25, -0.2) is 9.79 Å². The quantitative estimate of drug-likeness (QED) is 0.354. The minimum Gasteiger partial charge on any atom is -0.299 e. The maximum atomic E-state index is 9.80. The van der Waals surface area contributed by atoms with Crippen LogP contribution in [0, 0.1) is 0 Å². The van der Waals surface area contributed by atoms with Crippen molar-refractivity contribution in [1.29, 1.82) is 0 Å². The lowest BCUT2D eigenvalue weighted by atomic mass is 10.3. The molecule has 0 aromatic heterocycles. The smallest absolute Gasteiger partial charge is 0.235 e. The highest BCUT2D eigenvalue weighted by Crippen LogP contribution is 2.08. The first-order valence-electron chi connectivity index (χ1n) is 4.25. The van der Waals surface area contributed by atoms with Crippen LogP contribution in [0.2, 0.25) is 0 Å². The van der Waals surface area contributed by atoms with Crippen LogP contribution in [0.25, 0.3) is 0 Å². The molecule has 0 atom stereocenters. The van der Waals surface area contributed by atoms with Gasteiger partial charge in [0.2, 0.25) is 6.08 Å². The zero-order valence-corrected chi connectivity index (χ0v) is 7.25. The summed E-state index contributed by atoms with van der Waals surface area (Å²) in [6.45, 7) is 7.47. The van der Waals surface area contributed by atoms with Crippen LogP contribution in [0.4, 0.5) is 0 Å². The molecule has 3 heteroatoms. The van der Waals surface area contributed by atoms with E-state index in [9.17, 15) is 4.79 Å². The molecule has 12 heavy (non-hydrogen) atoms. The Kier molecular flexibility index (Phi) is 3.71. The maximum Gasteiger partial charge on any atom is 0.235 e. The number of likely N-dealkylation sites (tertiary alicyclic amines) is 1. The number of carbonyl (C=O) groups excluding carboxylic acids is 1. The van der Waals surface area contributed by atoms with Crippen molar-refractivity contribution in [3.8, 4) is 0 Å². The normalized spacial score (nSPS) is 17.3. The van der Waals surface area contributed by atoms with Crippen molar-refractivity contribution >= 4 is 6.08 Å². The Balaban J connectivity index is 2.20. The number of isocyanates is 1. The molecule has 1 heterocycles. The SMILES string of the molecule is C=C(CN=C=O)CN1CCCC1. The molecule has 0 amide bonds. The molecule has 1 aliphatic heterocycles. The Morgan fingerprint density at radius 2 is 2.17 bits per heavy atom. The van der Waals surface area contributed by atoms with Crippen LogP contribution in [-0.4, -0.2) is 37.2 Å². The van der Waals surface area contributed by atoms with E-state index in [1.54, 1.807) is 0 Å². The summed E-state index contributed by atoms with van der Waals surface area (Å²) >= 11 is 0. The van der Waals surface area contributed by atoms with Gasteiger partial charge in [-0.1, -0.05) is 6.58 Å². The van der Waals surface area contributed by atoms with Crippen LogP contribution < -0.4 is 0 Å². The molecule has 1 aliphatic rings. The summed E-state index contributed by atoms with van der Waals surface area (Å²) in [6.07, 6.45) is 4.08. The molecule has 0 aliphatic carbocycles. The van der Waals surface area contributed by atoms with Gasteiger partial charge in [0.15, 0.2) is 0 Å². The molecule has 0 aromatic rings.